The molecule has 15 heavy (non-hydrogen) atoms. The minimum Gasteiger partial charge on any atom is -0.333 e. The van der Waals surface area contributed by atoms with Crippen LogP contribution in [0.15, 0.2) is 30.3 Å². The van der Waals surface area contributed by atoms with Crippen LogP contribution in [0.4, 0.5) is 5.69 Å². The summed E-state index contributed by atoms with van der Waals surface area (Å²) in [6, 6.07) is 7.93. The Balaban J connectivity index is -0.000000208. The van der Waals surface area contributed by atoms with Gasteiger partial charge in [0.1, 0.15) is 0 Å². The Morgan fingerprint density at radius 2 is 1.33 bits per heavy atom. The van der Waals surface area contributed by atoms with Crippen molar-refractivity contribution in [3.05, 3.63) is 40.4 Å². The molecule has 2 N–H and O–H groups in total. The lowest BCUT2D eigenvalue weighted by molar-refractivity contribution is -0.384. The zero-order valence-electron chi connectivity index (χ0n) is 10.2. The molecule has 0 bridgehead atoms. The number of hydrogen-bond acceptors (Lipinski definition) is 3. The van der Waals surface area contributed by atoms with Gasteiger partial charge in [-0.2, -0.15) is 0 Å². The predicted molar refractivity (Wildman–Crippen MR) is 65.9 cm³/mol. The van der Waals surface area contributed by atoms with Gasteiger partial charge in [-0.05, 0) is 7.05 Å². The summed E-state index contributed by atoms with van der Waals surface area (Å²) < 4.78 is 0. The number of nitro groups is 1. The lowest BCUT2D eigenvalue weighted by Crippen LogP contribution is -1.84. The summed E-state index contributed by atoms with van der Waals surface area (Å²) in [7, 11) is 1.50. The normalized spacial score (nSPS) is 6.53. The van der Waals surface area contributed by atoms with Crippen LogP contribution < -0.4 is 5.73 Å². The molecule has 0 fully saturated rings. The summed E-state index contributed by atoms with van der Waals surface area (Å²) in [5, 5.41) is 10.0. The summed E-state index contributed by atoms with van der Waals surface area (Å²) in [4.78, 5) is 9.59. The second-order valence-corrected chi connectivity index (χ2v) is 1.59. The molecule has 0 aliphatic carbocycles. The first kappa shape index (κ1) is 19.2. The lowest BCUT2D eigenvalue weighted by atomic mass is 10.3. The third-order valence-corrected chi connectivity index (χ3v) is 0.967. The van der Waals surface area contributed by atoms with Gasteiger partial charge in [0, 0.05) is 12.1 Å². The van der Waals surface area contributed by atoms with Crippen LogP contribution in [-0.2, 0) is 0 Å². The third-order valence-electron chi connectivity index (χ3n) is 0.967. The second kappa shape index (κ2) is 18.4. The maximum atomic E-state index is 10.0. The Morgan fingerprint density at radius 1 is 1.00 bits per heavy atom. The smallest absolute Gasteiger partial charge is 0.269 e. The van der Waals surface area contributed by atoms with Crippen molar-refractivity contribution in [2.24, 2.45) is 5.73 Å². The topological polar surface area (TPSA) is 69.2 Å². The van der Waals surface area contributed by atoms with Crippen LogP contribution in [0.25, 0.3) is 0 Å². The highest BCUT2D eigenvalue weighted by Gasteiger charge is 1.98. The van der Waals surface area contributed by atoms with Gasteiger partial charge >= 0.3 is 0 Å². The molecule has 0 saturated carbocycles. The highest BCUT2D eigenvalue weighted by molar-refractivity contribution is 5.27. The van der Waals surface area contributed by atoms with E-state index in [1.807, 2.05) is 27.7 Å². The van der Waals surface area contributed by atoms with Gasteiger partial charge < -0.3 is 5.73 Å². The fraction of sp³-hybridized carbons (Fsp3) is 0.455. The van der Waals surface area contributed by atoms with E-state index in [2.05, 4.69) is 5.73 Å². The van der Waals surface area contributed by atoms with Gasteiger partial charge in [0.25, 0.3) is 5.69 Å². The Labute approximate surface area is 92.3 Å². The average molecular weight is 214 g/mol. The van der Waals surface area contributed by atoms with E-state index in [9.17, 15) is 10.1 Å². The maximum Gasteiger partial charge on any atom is 0.269 e. The Hall–Kier alpha value is -1.42. The zero-order chi connectivity index (χ0) is 12.7. The quantitative estimate of drug-likeness (QED) is 0.576. The second-order valence-electron chi connectivity index (χ2n) is 1.59. The largest absolute Gasteiger partial charge is 0.333 e. The van der Waals surface area contributed by atoms with Crippen LogP contribution in [0.2, 0.25) is 0 Å². The van der Waals surface area contributed by atoms with Gasteiger partial charge in [-0.1, -0.05) is 45.9 Å². The molecule has 4 heteroatoms. The molecule has 0 saturated heterocycles. The van der Waals surface area contributed by atoms with Gasteiger partial charge in [0.2, 0.25) is 0 Å². The summed E-state index contributed by atoms with van der Waals surface area (Å²) in [6.07, 6.45) is 0. The molecular formula is C11H22N2O2. The molecule has 0 aliphatic heterocycles. The molecule has 1 rings (SSSR count). The summed E-state index contributed by atoms with van der Waals surface area (Å²) >= 11 is 0. The van der Waals surface area contributed by atoms with Crippen LogP contribution in [0.1, 0.15) is 27.7 Å². The summed E-state index contributed by atoms with van der Waals surface area (Å²) in [5.41, 5.74) is 4.64. The van der Waals surface area contributed by atoms with E-state index < -0.39 is 4.92 Å². The highest BCUT2D eigenvalue weighted by atomic mass is 16.6. The standard InChI is InChI=1S/C6H5NO2.2C2H6.CH5N/c8-7(9)6-4-2-1-3-5-6;3*1-2/h1-5H;2*1-2H3;2H2,1H3. The van der Waals surface area contributed by atoms with E-state index in [1.54, 1.807) is 18.2 Å². The summed E-state index contributed by atoms with van der Waals surface area (Å²) in [6.45, 7) is 8.00. The molecule has 0 heterocycles. The fourth-order valence-corrected chi connectivity index (χ4v) is 0.550. The van der Waals surface area contributed by atoms with Crippen molar-refractivity contribution in [3.63, 3.8) is 0 Å². The van der Waals surface area contributed by atoms with Crippen molar-refractivity contribution in [1.82, 2.24) is 0 Å². The number of benzene rings is 1. The number of para-hydroxylation sites is 1. The summed E-state index contributed by atoms with van der Waals surface area (Å²) in [5.74, 6) is 0. The monoisotopic (exact) mass is 214 g/mol. The minimum absolute atomic E-state index is 0.137. The minimum atomic E-state index is -0.417. The van der Waals surface area contributed by atoms with Crippen LogP contribution in [0, 0.1) is 10.1 Å². The molecule has 0 radical (unpaired) electrons. The van der Waals surface area contributed by atoms with Crippen molar-refractivity contribution in [2.75, 3.05) is 7.05 Å². The van der Waals surface area contributed by atoms with Crippen molar-refractivity contribution in [3.8, 4) is 0 Å². The van der Waals surface area contributed by atoms with Gasteiger partial charge in [0.05, 0.1) is 4.92 Å². The SMILES string of the molecule is CC.CC.CN.O=[N+]([O-])c1ccccc1. The van der Waals surface area contributed by atoms with Gasteiger partial charge in [-0.15, -0.1) is 0 Å². The molecule has 0 amide bonds. The molecular weight excluding hydrogens is 192 g/mol. The molecule has 1 aromatic carbocycles. The van der Waals surface area contributed by atoms with E-state index >= 15 is 0 Å². The number of nitro benzene ring substituents is 1. The van der Waals surface area contributed by atoms with Crippen molar-refractivity contribution in [2.45, 2.75) is 27.7 Å². The van der Waals surface area contributed by atoms with Gasteiger partial charge in [-0.3, -0.25) is 10.1 Å². The first-order valence-electron chi connectivity index (χ1n) is 5.08. The van der Waals surface area contributed by atoms with Crippen LogP contribution in [-0.4, -0.2) is 12.0 Å². The maximum absolute atomic E-state index is 10.0. The first-order chi connectivity index (χ1) is 7.30. The van der Waals surface area contributed by atoms with E-state index in [0.29, 0.717) is 0 Å². The van der Waals surface area contributed by atoms with E-state index in [0.717, 1.165) is 0 Å². The zero-order valence-corrected chi connectivity index (χ0v) is 10.2. The van der Waals surface area contributed by atoms with Crippen LogP contribution in [0.3, 0.4) is 0 Å². The number of non-ortho nitro benzene ring substituents is 1. The first-order valence-corrected chi connectivity index (χ1v) is 5.08. The lowest BCUT2D eigenvalue weighted by Gasteiger charge is -1.85. The molecule has 0 atom stereocenters. The molecule has 0 aliphatic rings. The van der Waals surface area contributed by atoms with E-state index in [4.69, 9.17) is 0 Å². The molecule has 0 unspecified atom stereocenters. The highest BCUT2D eigenvalue weighted by Crippen LogP contribution is 2.06. The predicted octanol–water partition coefficient (Wildman–Crippen LogP) is 3.22. The average Bonchev–Trinajstić information content (AvgIpc) is 2.38. The molecule has 0 spiro atoms. The molecule has 1 aromatic rings. The third kappa shape index (κ3) is 12.6. The number of nitrogens with two attached hydrogens (primary N) is 1. The van der Waals surface area contributed by atoms with E-state index in [-0.39, 0.29) is 5.69 Å². The van der Waals surface area contributed by atoms with Crippen LogP contribution in [0.5, 0.6) is 0 Å². The molecule has 88 valence electrons. The molecule has 4 nitrogen and oxygen atoms in total. The van der Waals surface area contributed by atoms with Gasteiger partial charge in [-0.25, -0.2) is 0 Å². The molecule has 0 aromatic heterocycles. The number of rotatable bonds is 1. The van der Waals surface area contributed by atoms with Gasteiger partial charge in [0.15, 0.2) is 0 Å². The number of hydrogen-bond donors (Lipinski definition) is 1. The Kier molecular flexibility index (Phi) is 23.5. The van der Waals surface area contributed by atoms with E-state index in [1.165, 1.54) is 19.2 Å². The number of nitrogens with zero attached hydrogens (tertiary/aromatic N) is 1. The van der Waals surface area contributed by atoms with Crippen molar-refractivity contribution >= 4 is 5.69 Å². The van der Waals surface area contributed by atoms with Crippen LogP contribution >= 0.6 is 0 Å². The fourth-order valence-electron chi connectivity index (χ4n) is 0.550. The van der Waals surface area contributed by atoms with Crippen molar-refractivity contribution in [1.29, 1.82) is 0 Å². The van der Waals surface area contributed by atoms with Crippen molar-refractivity contribution < 1.29 is 4.92 Å². The Bertz CT molecular complexity index is 213. The Morgan fingerprint density at radius 3 is 1.53 bits per heavy atom.